The Morgan fingerprint density at radius 3 is 1.30 bits per heavy atom. The van der Waals surface area contributed by atoms with E-state index in [2.05, 4.69) is 369 Å². The van der Waals surface area contributed by atoms with Crippen molar-refractivity contribution in [1.29, 1.82) is 0 Å². The van der Waals surface area contributed by atoms with Crippen LogP contribution in [0.4, 0.5) is 0 Å². The lowest BCUT2D eigenvalue weighted by Crippen LogP contribution is -2.34. The molecule has 0 N–H and O–H groups in total. The fourth-order valence-electron chi connectivity index (χ4n) is 13.3. The Bertz CT molecular complexity index is 5100. The van der Waals surface area contributed by atoms with Crippen molar-refractivity contribution in [3.63, 3.8) is 0 Å². The Labute approximate surface area is 570 Å². The standard InChI is InChI=1S/C91H77N5O/c1-89(2,3)73-45-46-92-86(57-73)96-84-44-41-66(61-27-15-10-16-28-61)53-83(84)82-43-42-79(59-85(82)96)97-78-38-25-37-76(58-78)94-60-95(77-55-74(90(4,5)6)54-75(56-77)91(7,8)9)93-88(94)87-80(71-49-67(62-29-17-11-18-30-62)47-68(50-71)63-31-19-12-20-32-63)39-26-40-81(87)72-51-69(64-33-21-13-22-34-64)48-70(52-72)65-35-23-14-24-36-65/h10-59H,1-9H3. The summed E-state index contributed by atoms with van der Waals surface area (Å²) in [5.74, 6) is 2.90. The number of hydrogen-bond donors (Lipinski definition) is 0. The van der Waals surface area contributed by atoms with Gasteiger partial charge >= 0.3 is 0 Å². The number of fused-ring (bicyclic) bond motifs is 3. The van der Waals surface area contributed by atoms with Crippen LogP contribution in [0, 0.1) is 6.33 Å². The molecular formula is C91H77N5O. The Balaban J connectivity index is 0.971. The minimum atomic E-state index is -0.163. The van der Waals surface area contributed by atoms with E-state index in [1.807, 2.05) is 16.9 Å². The summed E-state index contributed by atoms with van der Waals surface area (Å²) < 4.78 is 13.6. The Kier molecular flexibility index (Phi) is 15.9. The van der Waals surface area contributed by atoms with Gasteiger partial charge in [0.25, 0.3) is 6.33 Å². The Morgan fingerprint density at radius 2 is 0.804 bits per heavy atom. The molecule has 0 aliphatic carbocycles. The molecule has 0 saturated heterocycles. The molecule has 3 aromatic heterocycles. The van der Waals surface area contributed by atoms with Crippen molar-refractivity contribution in [1.82, 2.24) is 19.2 Å². The first-order valence-corrected chi connectivity index (χ1v) is 33.6. The van der Waals surface area contributed by atoms with Crippen molar-refractivity contribution in [2.45, 2.75) is 78.6 Å². The van der Waals surface area contributed by atoms with Crippen molar-refractivity contribution in [2.24, 2.45) is 0 Å². The summed E-state index contributed by atoms with van der Waals surface area (Å²) in [5.41, 5.74) is 23.4. The molecule has 0 spiro atoms. The maximum atomic E-state index is 7.17. The van der Waals surface area contributed by atoms with E-state index in [9.17, 15) is 0 Å². The summed E-state index contributed by atoms with van der Waals surface area (Å²) >= 11 is 0. The average Bonchev–Trinajstić information content (AvgIpc) is 1.68. The van der Waals surface area contributed by atoms with Gasteiger partial charge in [0.05, 0.1) is 22.4 Å². The average molecular weight is 1260 g/mol. The molecule has 0 saturated carbocycles. The third-order valence-electron chi connectivity index (χ3n) is 18.7. The third-order valence-corrected chi connectivity index (χ3v) is 18.7. The summed E-state index contributed by atoms with van der Waals surface area (Å²) in [4.78, 5) is 5.06. The molecule has 0 fully saturated rings. The molecule has 6 nitrogen and oxygen atoms in total. The van der Waals surface area contributed by atoms with E-state index in [-0.39, 0.29) is 16.2 Å². The van der Waals surface area contributed by atoms with Crippen LogP contribution in [0.25, 0.3) is 128 Å². The van der Waals surface area contributed by atoms with Gasteiger partial charge in [-0.2, -0.15) is 4.68 Å². The van der Waals surface area contributed by atoms with Gasteiger partial charge in [-0.3, -0.25) is 9.13 Å². The highest BCUT2D eigenvalue weighted by molar-refractivity contribution is 6.11. The first-order valence-electron chi connectivity index (χ1n) is 33.6. The van der Waals surface area contributed by atoms with Crippen molar-refractivity contribution in [2.75, 3.05) is 0 Å². The van der Waals surface area contributed by atoms with Gasteiger partial charge < -0.3 is 4.74 Å². The molecule has 0 aliphatic heterocycles. The first-order chi connectivity index (χ1) is 46.9. The lowest BCUT2D eigenvalue weighted by atomic mass is 9.80. The quantitative estimate of drug-likeness (QED) is 0.0854. The molecular weight excluding hydrogens is 1180 g/mol. The summed E-state index contributed by atoms with van der Waals surface area (Å²) in [6.07, 6.45) is 5.85. The van der Waals surface area contributed by atoms with Crippen LogP contribution in [0.5, 0.6) is 11.5 Å². The third kappa shape index (κ3) is 12.5. The van der Waals surface area contributed by atoms with Crippen molar-refractivity contribution >= 4 is 21.8 Å². The lowest BCUT2D eigenvalue weighted by Gasteiger charge is -2.26. The van der Waals surface area contributed by atoms with E-state index in [1.54, 1.807) is 0 Å². The SMILES string of the molecule is CC(C)(C)c1cc(-[n+]2[c-]n(-c3cccc(Oc4ccc5c6cc(-c7ccccc7)ccc6n(-c6cc(C(C)(C)C)ccn6)c5c4)c3)c(-c3c(-c4cc(-c5ccccc5)cc(-c5ccccc5)c4)cccc3-c3cc(-c4ccccc4)cc(-c4ccccc4)c3)n2)cc(C(C)(C)C)c1. The van der Waals surface area contributed by atoms with Crippen LogP contribution in [-0.2, 0) is 16.2 Å². The number of pyridine rings is 1. The molecule has 3 heterocycles. The number of aromatic nitrogens is 5. The van der Waals surface area contributed by atoms with Crippen molar-refractivity contribution in [3.05, 3.63) is 326 Å². The molecule has 472 valence electrons. The summed E-state index contributed by atoms with van der Waals surface area (Å²) in [5, 5.41) is 8.14. The van der Waals surface area contributed by atoms with Gasteiger partial charge in [0.1, 0.15) is 17.3 Å². The fraction of sp³-hybridized carbons (Fsp3) is 0.132. The number of benzene rings is 12. The minimum Gasteiger partial charge on any atom is -0.458 e. The van der Waals surface area contributed by atoms with Crippen LogP contribution in [0.1, 0.15) is 79.0 Å². The van der Waals surface area contributed by atoms with Crippen molar-refractivity contribution in [3.8, 4) is 118 Å². The highest BCUT2D eigenvalue weighted by Crippen LogP contribution is 2.46. The fourth-order valence-corrected chi connectivity index (χ4v) is 13.3. The van der Waals surface area contributed by atoms with Crippen LogP contribution < -0.4 is 9.42 Å². The molecule has 15 aromatic rings. The van der Waals surface area contributed by atoms with Gasteiger partial charge in [-0.05, 0) is 196 Å². The van der Waals surface area contributed by atoms with E-state index >= 15 is 0 Å². The second-order valence-electron chi connectivity index (χ2n) is 28.6. The molecule has 0 bridgehead atoms. The predicted molar refractivity (Wildman–Crippen MR) is 402 cm³/mol. The highest BCUT2D eigenvalue weighted by Gasteiger charge is 2.28. The highest BCUT2D eigenvalue weighted by atomic mass is 16.5. The van der Waals surface area contributed by atoms with E-state index in [1.165, 1.54) is 22.3 Å². The topological polar surface area (TPSA) is 48.8 Å². The number of rotatable bonds is 13. The molecule has 0 unspecified atom stereocenters. The molecule has 0 radical (unpaired) electrons. The molecule has 0 atom stereocenters. The minimum absolute atomic E-state index is 0.0871. The Hall–Kier alpha value is -11.5. The van der Waals surface area contributed by atoms with Crippen LogP contribution in [0.15, 0.2) is 303 Å². The molecule has 0 amide bonds. The molecule has 12 aromatic carbocycles. The number of ether oxygens (including phenoxy) is 1. The largest absolute Gasteiger partial charge is 0.458 e. The smallest absolute Gasteiger partial charge is 0.273 e. The van der Waals surface area contributed by atoms with E-state index in [0.29, 0.717) is 17.3 Å². The van der Waals surface area contributed by atoms with Crippen LogP contribution >= 0.6 is 0 Å². The van der Waals surface area contributed by atoms with Gasteiger partial charge in [-0.1, -0.05) is 269 Å². The van der Waals surface area contributed by atoms with Crippen LogP contribution in [0.3, 0.4) is 0 Å². The Morgan fingerprint density at radius 1 is 0.340 bits per heavy atom. The van der Waals surface area contributed by atoms with Gasteiger partial charge in [-0.25, -0.2) is 4.98 Å². The molecule has 0 aliphatic rings. The van der Waals surface area contributed by atoms with Crippen LogP contribution in [0.2, 0.25) is 0 Å². The van der Waals surface area contributed by atoms with Crippen LogP contribution in [-0.4, -0.2) is 19.2 Å². The van der Waals surface area contributed by atoms with Crippen molar-refractivity contribution < 1.29 is 9.42 Å². The van der Waals surface area contributed by atoms with Gasteiger partial charge in [0.2, 0.25) is 0 Å². The second kappa shape index (κ2) is 25.0. The maximum absolute atomic E-state index is 7.17. The zero-order valence-electron chi connectivity index (χ0n) is 56.5. The van der Waals surface area contributed by atoms with E-state index in [4.69, 9.17) is 14.8 Å². The van der Waals surface area contributed by atoms with E-state index < -0.39 is 0 Å². The van der Waals surface area contributed by atoms with Gasteiger partial charge in [-0.15, -0.1) is 5.10 Å². The normalized spacial score (nSPS) is 12.0. The zero-order valence-corrected chi connectivity index (χ0v) is 56.5. The zero-order chi connectivity index (χ0) is 66.6. The maximum Gasteiger partial charge on any atom is 0.273 e. The molecule has 97 heavy (non-hydrogen) atoms. The van der Waals surface area contributed by atoms with Gasteiger partial charge in [0.15, 0.2) is 5.82 Å². The molecule has 15 rings (SSSR count). The lowest BCUT2D eigenvalue weighted by molar-refractivity contribution is -0.660. The summed E-state index contributed by atoms with van der Waals surface area (Å²) in [6.45, 7) is 20.4. The first kappa shape index (κ1) is 61.7. The van der Waals surface area contributed by atoms with E-state index in [0.717, 1.165) is 117 Å². The van der Waals surface area contributed by atoms with Gasteiger partial charge in [0, 0.05) is 28.6 Å². The number of nitrogens with zero attached hydrogens (tertiary/aromatic N) is 5. The monoisotopic (exact) mass is 1260 g/mol. The molecule has 6 heteroatoms. The predicted octanol–water partition coefficient (Wildman–Crippen LogP) is 23.5. The summed E-state index contributed by atoms with van der Waals surface area (Å²) in [7, 11) is 0. The summed E-state index contributed by atoms with van der Waals surface area (Å²) in [6, 6.07) is 107. The number of hydrogen-bond acceptors (Lipinski definition) is 3. The second-order valence-corrected chi connectivity index (χ2v) is 28.6.